The first-order valence-electron chi connectivity index (χ1n) is 7.53. The van der Waals surface area contributed by atoms with Crippen molar-refractivity contribution in [2.75, 3.05) is 18.4 Å². The predicted molar refractivity (Wildman–Crippen MR) is 92.7 cm³/mol. The molecule has 2 heterocycles. The number of anilines is 1. The predicted octanol–water partition coefficient (Wildman–Crippen LogP) is 4.35. The molecule has 1 unspecified atom stereocenters. The molecule has 1 aromatic heterocycles. The van der Waals surface area contributed by atoms with Crippen LogP contribution in [0.2, 0.25) is 5.02 Å². The van der Waals surface area contributed by atoms with Gasteiger partial charge in [-0.3, -0.25) is 9.69 Å². The molecule has 0 fully saturated rings. The van der Waals surface area contributed by atoms with Crippen LogP contribution in [0.3, 0.4) is 0 Å². The van der Waals surface area contributed by atoms with Crippen molar-refractivity contribution in [1.82, 2.24) is 4.90 Å². The molecule has 5 heteroatoms. The highest BCUT2D eigenvalue weighted by Gasteiger charge is 2.28. The molecule has 1 aliphatic heterocycles. The molecule has 3 nitrogen and oxygen atoms in total. The number of rotatable bonds is 4. The molecule has 116 valence electrons. The summed E-state index contributed by atoms with van der Waals surface area (Å²) in [5, 5.41) is 5.72. The fourth-order valence-corrected chi connectivity index (χ4v) is 4.19. The molecule has 1 amide bonds. The minimum atomic E-state index is 0.0133. The molecule has 1 atom stereocenters. The summed E-state index contributed by atoms with van der Waals surface area (Å²) in [6.45, 7) is 3.54. The van der Waals surface area contributed by atoms with Crippen molar-refractivity contribution in [2.45, 2.75) is 25.8 Å². The highest BCUT2D eigenvalue weighted by atomic mass is 35.5. The van der Waals surface area contributed by atoms with Gasteiger partial charge in [0, 0.05) is 28.2 Å². The van der Waals surface area contributed by atoms with Crippen LogP contribution in [-0.2, 0) is 11.2 Å². The van der Waals surface area contributed by atoms with Crippen LogP contribution in [0.1, 0.15) is 29.8 Å². The van der Waals surface area contributed by atoms with E-state index in [2.05, 4.69) is 28.6 Å². The second-order valence-corrected chi connectivity index (χ2v) is 6.94. The van der Waals surface area contributed by atoms with Crippen LogP contribution in [0.25, 0.3) is 0 Å². The third-order valence-corrected chi connectivity index (χ3v) is 5.28. The van der Waals surface area contributed by atoms with E-state index in [1.165, 1.54) is 10.4 Å². The highest BCUT2D eigenvalue weighted by Crippen LogP contribution is 2.34. The molecule has 0 radical (unpaired) electrons. The van der Waals surface area contributed by atoms with Crippen LogP contribution in [-0.4, -0.2) is 23.9 Å². The molecule has 0 aliphatic carbocycles. The van der Waals surface area contributed by atoms with Gasteiger partial charge in [-0.05, 0) is 48.1 Å². The van der Waals surface area contributed by atoms with Crippen LogP contribution in [0, 0.1) is 0 Å². The number of hydrogen-bond acceptors (Lipinski definition) is 3. The van der Waals surface area contributed by atoms with Gasteiger partial charge in [0.25, 0.3) is 0 Å². The number of fused-ring (bicyclic) bond motifs is 1. The lowest BCUT2D eigenvalue weighted by molar-refractivity contribution is -0.118. The second-order valence-electron chi connectivity index (χ2n) is 5.50. The summed E-state index contributed by atoms with van der Waals surface area (Å²) in [4.78, 5) is 16.1. The Kier molecular flexibility index (Phi) is 4.81. The third kappa shape index (κ3) is 3.35. The Morgan fingerprint density at radius 1 is 1.45 bits per heavy atom. The average molecular weight is 335 g/mol. The molecule has 1 aliphatic rings. The molecule has 0 saturated carbocycles. The smallest absolute Gasteiger partial charge is 0.238 e. The monoisotopic (exact) mass is 334 g/mol. The maximum Gasteiger partial charge on any atom is 0.238 e. The lowest BCUT2D eigenvalue weighted by Gasteiger charge is -2.34. The van der Waals surface area contributed by atoms with E-state index in [-0.39, 0.29) is 5.91 Å². The van der Waals surface area contributed by atoms with Crippen molar-refractivity contribution in [3.05, 3.63) is 51.2 Å². The fraction of sp³-hybridized carbons (Fsp3) is 0.353. The van der Waals surface area contributed by atoms with Crippen molar-refractivity contribution in [3.8, 4) is 0 Å². The molecule has 0 saturated heterocycles. The number of hydrogen-bond donors (Lipinski definition) is 1. The lowest BCUT2D eigenvalue weighted by atomic mass is 9.98. The van der Waals surface area contributed by atoms with E-state index in [0.717, 1.165) is 25.1 Å². The van der Waals surface area contributed by atoms with Gasteiger partial charge in [0.2, 0.25) is 5.91 Å². The highest BCUT2D eigenvalue weighted by molar-refractivity contribution is 7.10. The zero-order valence-electron chi connectivity index (χ0n) is 12.5. The van der Waals surface area contributed by atoms with Gasteiger partial charge in [-0.1, -0.05) is 24.6 Å². The maximum atomic E-state index is 12.3. The first-order chi connectivity index (χ1) is 10.7. The number of nitrogens with zero attached hydrogens (tertiary/aromatic N) is 1. The standard InChI is InChI=1S/C17H19ClN2OS/c1-2-15-14-7-9-22-16(14)6-8-20(15)11-17(21)19-13-5-3-4-12(18)10-13/h3-5,7,9-10,15H,2,6,8,11H2,1H3,(H,19,21). The molecule has 0 spiro atoms. The number of nitrogens with one attached hydrogen (secondary N) is 1. The topological polar surface area (TPSA) is 32.3 Å². The van der Waals surface area contributed by atoms with Gasteiger partial charge in [0.15, 0.2) is 0 Å². The number of halogens is 1. The van der Waals surface area contributed by atoms with Gasteiger partial charge in [-0.2, -0.15) is 0 Å². The first kappa shape index (κ1) is 15.5. The summed E-state index contributed by atoms with van der Waals surface area (Å²) in [5.74, 6) is 0.0133. The summed E-state index contributed by atoms with van der Waals surface area (Å²) in [6.07, 6.45) is 2.06. The third-order valence-electron chi connectivity index (χ3n) is 4.05. The SMILES string of the molecule is CCC1c2ccsc2CCN1CC(=O)Nc1cccc(Cl)c1. The van der Waals surface area contributed by atoms with Gasteiger partial charge in [-0.15, -0.1) is 11.3 Å². The van der Waals surface area contributed by atoms with Gasteiger partial charge < -0.3 is 5.32 Å². The Bertz CT molecular complexity index is 670. The van der Waals surface area contributed by atoms with Gasteiger partial charge >= 0.3 is 0 Å². The van der Waals surface area contributed by atoms with E-state index < -0.39 is 0 Å². The van der Waals surface area contributed by atoms with Crippen molar-refractivity contribution in [1.29, 1.82) is 0 Å². The van der Waals surface area contributed by atoms with Crippen molar-refractivity contribution >= 4 is 34.5 Å². The number of thiophene rings is 1. The second kappa shape index (κ2) is 6.82. The quantitative estimate of drug-likeness (QED) is 0.901. The number of carbonyl (C=O) groups is 1. The maximum absolute atomic E-state index is 12.3. The Morgan fingerprint density at radius 2 is 2.32 bits per heavy atom. The normalized spacial score (nSPS) is 18.0. The van der Waals surface area contributed by atoms with Gasteiger partial charge in [0.05, 0.1) is 6.54 Å². The molecule has 1 N–H and O–H groups in total. The minimum Gasteiger partial charge on any atom is -0.325 e. The number of carbonyl (C=O) groups excluding carboxylic acids is 1. The zero-order chi connectivity index (χ0) is 15.5. The average Bonchev–Trinajstić information content (AvgIpc) is 2.95. The summed E-state index contributed by atoms with van der Waals surface area (Å²) < 4.78 is 0. The molecule has 2 aromatic rings. The summed E-state index contributed by atoms with van der Waals surface area (Å²) >= 11 is 7.78. The van der Waals surface area contributed by atoms with Gasteiger partial charge in [-0.25, -0.2) is 0 Å². The Morgan fingerprint density at radius 3 is 3.09 bits per heavy atom. The lowest BCUT2D eigenvalue weighted by Crippen LogP contribution is -2.40. The molecule has 0 bridgehead atoms. The fourth-order valence-electron chi connectivity index (χ4n) is 3.07. The van der Waals surface area contributed by atoms with E-state index in [1.54, 1.807) is 12.1 Å². The Balaban J connectivity index is 1.66. The van der Waals surface area contributed by atoms with Crippen molar-refractivity contribution < 1.29 is 4.79 Å². The van der Waals surface area contributed by atoms with E-state index in [1.807, 2.05) is 23.5 Å². The molecule has 1 aromatic carbocycles. The molecule has 3 rings (SSSR count). The van der Waals surface area contributed by atoms with E-state index >= 15 is 0 Å². The van der Waals surface area contributed by atoms with Gasteiger partial charge in [0.1, 0.15) is 0 Å². The first-order valence-corrected chi connectivity index (χ1v) is 8.79. The summed E-state index contributed by atoms with van der Waals surface area (Å²) in [7, 11) is 0. The van der Waals surface area contributed by atoms with Crippen LogP contribution < -0.4 is 5.32 Å². The van der Waals surface area contributed by atoms with E-state index in [9.17, 15) is 4.79 Å². The number of benzene rings is 1. The van der Waals surface area contributed by atoms with E-state index in [0.29, 0.717) is 17.6 Å². The molecular formula is C17H19ClN2OS. The number of amides is 1. The van der Waals surface area contributed by atoms with Crippen LogP contribution in [0.5, 0.6) is 0 Å². The van der Waals surface area contributed by atoms with Crippen molar-refractivity contribution in [2.24, 2.45) is 0 Å². The summed E-state index contributed by atoms with van der Waals surface area (Å²) in [6, 6.07) is 9.81. The minimum absolute atomic E-state index is 0.0133. The Labute approximate surface area is 139 Å². The van der Waals surface area contributed by atoms with Crippen LogP contribution in [0.15, 0.2) is 35.7 Å². The molecule has 22 heavy (non-hydrogen) atoms. The zero-order valence-corrected chi connectivity index (χ0v) is 14.1. The van der Waals surface area contributed by atoms with Crippen molar-refractivity contribution in [3.63, 3.8) is 0 Å². The Hall–Kier alpha value is -1.36. The van der Waals surface area contributed by atoms with Crippen LogP contribution in [0.4, 0.5) is 5.69 Å². The van der Waals surface area contributed by atoms with Crippen LogP contribution >= 0.6 is 22.9 Å². The summed E-state index contributed by atoms with van der Waals surface area (Å²) in [5.41, 5.74) is 2.15. The largest absolute Gasteiger partial charge is 0.325 e. The molecular weight excluding hydrogens is 316 g/mol. The van der Waals surface area contributed by atoms with E-state index in [4.69, 9.17) is 11.6 Å².